The van der Waals surface area contributed by atoms with E-state index in [1.807, 2.05) is 13.8 Å². The van der Waals surface area contributed by atoms with Gasteiger partial charge in [-0.3, -0.25) is 4.57 Å². The summed E-state index contributed by atoms with van der Waals surface area (Å²) in [7, 11) is 0. The highest BCUT2D eigenvalue weighted by Gasteiger charge is 2.29. The molecule has 4 aromatic rings. The van der Waals surface area contributed by atoms with Crippen molar-refractivity contribution in [3.05, 3.63) is 59.8 Å². The van der Waals surface area contributed by atoms with Crippen LogP contribution in [-0.4, -0.2) is 35.8 Å². The molecular formula is C23H22FN7O2. The predicted octanol–water partition coefficient (Wildman–Crippen LogP) is 5.12. The van der Waals surface area contributed by atoms with Crippen LogP contribution >= 0.6 is 0 Å². The largest absolute Gasteiger partial charge is 0.473 e. The van der Waals surface area contributed by atoms with Gasteiger partial charge in [0.1, 0.15) is 24.6 Å². The summed E-state index contributed by atoms with van der Waals surface area (Å²) < 4.78 is 27.7. The maximum absolute atomic E-state index is 14.5. The lowest BCUT2D eigenvalue weighted by Gasteiger charge is -2.26. The van der Waals surface area contributed by atoms with Crippen molar-refractivity contribution in [1.29, 1.82) is 0 Å². The Labute approximate surface area is 189 Å². The molecule has 0 unspecified atom stereocenters. The Hall–Kier alpha value is -3.87. The number of fused-ring (bicyclic) bond motifs is 1. The highest BCUT2D eigenvalue weighted by Crippen LogP contribution is 2.35. The summed E-state index contributed by atoms with van der Waals surface area (Å²) in [6, 6.07) is 4.29. The van der Waals surface area contributed by atoms with Crippen LogP contribution in [0.1, 0.15) is 63.1 Å². The van der Waals surface area contributed by atoms with Gasteiger partial charge in [0.2, 0.25) is 11.8 Å². The Morgan fingerprint density at radius 3 is 2.70 bits per heavy atom. The lowest BCUT2D eigenvalue weighted by molar-refractivity contribution is 0.135. The summed E-state index contributed by atoms with van der Waals surface area (Å²) in [6.07, 6.45) is 6.26. The summed E-state index contributed by atoms with van der Waals surface area (Å²) in [6.45, 7) is 11.1. The van der Waals surface area contributed by atoms with Gasteiger partial charge in [0.05, 0.1) is 12.3 Å². The van der Waals surface area contributed by atoms with E-state index in [-0.39, 0.29) is 29.3 Å². The van der Waals surface area contributed by atoms with Gasteiger partial charge in [0, 0.05) is 11.8 Å². The van der Waals surface area contributed by atoms with Crippen molar-refractivity contribution in [2.24, 2.45) is 0 Å². The number of nitrogens with zero attached hydrogens (tertiary/aromatic N) is 7. The number of hydrogen-bond acceptors (Lipinski definition) is 7. The summed E-state index contributed by atoms with van der Waals surface area (Å²) in [5.74, 6) is 1.76. The van der Waals surface area contributed by atoms with E-state index in [2.05, 4.69) is 29.9 Å². The molecule has 0 atom stereocenters. The van der Waals surface area contributed by atoms with E-state index < -0.39 is 5.82 Å². The molecule has 1 aliphatic rings. The molecule has 0 saturated heterocycles. The third-order valence-corrected chi connectivity index (χ3v) is 5.90. The molecule has 3 heterocycles. The van der Waals surface area contributed by atoms with Crippen molar-refractivity contribution in [3.63, 3.8) is 0 Å². The van der Waals surface area contributed by atoms with E-state index in [0.717, 1.165) is 31.5 Å². The molecule has 1 fully saturated rings. The predicted molar refractivity (Wildman–Crippen MR) is 117 cm³/mol. The fourth-order valence-electron chi connectivity index (χ4n) is 4.07. The minimum Gasteiger partial charge on any atom is -0.473 e. The number of benzene rings is 1. The second-order valence-corrected chi connectivity index (χ2v) is 8.45. The van der Waals surface area contributed by atoms with Crippen molar-refractivity contribution < 1.29 is 13.7 Å². The molecule has 0 bridgehead atoms. The smallest absolute Gasteiger partial charge is 0.245 e. The Morgan fingerprint density at radius 1 is 1.18 bits per heavy atom. The van der Waals surface area contributed by atoms with Crippen molar-refractivity contribution in [1.82, 2.24) is 29.7 Å². The van der Waals surface area contributed by atoms with Gasteiger partial charge in [-0.25, -0.2) is 19.2 Å². The van der Waals surface area contributed by atoms with Crippen LogP contribution in [0.2, 0.25) is 0 Å². The molecule has 0 aliphatic heterocycles. The summed E-state index contributed by atoms with van der Waals surface area (Å²) in [5.41, 5.74) is 1.40. The van der Waals surface area contributed by atoms with E-state index in [1.165, 1.54) is 29.4 Å². The molecule has 1 saturated carbocycles. The molecule has 10 heteroatoms. The Morgan fingerprint density at radius 2 is 2.00 bits per heavy atom. The molecule has 0 N–H and O–H groups in total. The van der Waals surface area contributed by atoms with Gasteiger partial charge in [-0.05, 0) is 37.8 Å². The number of imidazole rings is 1. The summed E-state index contributed by atoms with van der Waals surface area (Å²) >= 11 is 0. The first-order chi connectivity index (χ1) is 16.0. The minimum atomic E-state index is -0.524. The minimum absolute atomic E-state index is 0.0216. The van der Waals surface area contributed by atoms with E-state index in [9.17, 15) is 4.39 Å². The molecule has 168 valence electrons. The number of rotatable bonds is 5. The lowest BCUT2D eigenvalue weighted by atomic mass is 9.87. The first kappa shape index (κ1) is 21.0. The Kier molecular flexibility index (Phi) is 5.46. The summed E-state index contributed by atoms with van der Waals surface area (Å²) in [4.78, 5) is 20.7. The second-order valence-electron chi connectivity index (χ2n) is 8.45. The lowest BCUT2D eigenvalue weighted by Crippen LogP contribution is -2.24. The number of ether oxygens (including phenoxy) is 1. The monoisotopic (exact) mass is 447 g/mol. The zero-order valence-corrected chi connectivity index (χ0v) is 18.3. The number of hydrogen-bond donors (Lipinski definition) is 0. The van der Waals surface area contributed by atoms with Gasteiger partial charge in [0.25, 0.3) is 0 Å². The van der Waals surface area contributed by atoms with Crippen LogP contribution < -0.4 is 4.74 Å². The molecule has 0 spiro atoms. The Bertz CT molecular complexity index is 1330. The zero-order chi connectivity index (χ0) is 22.9. The second kappa shape index (κ2) is 8.58. The maximum atomic E-state index is 14.5. The standard InChI is InChI=1S/C23H22FN7O2/c1-13(2)20-29-22(33-30-20)14-4-7-16(8-5-14)32-23-19-21(26-11-27-23)31(12-28-19)18-9-6-15(25-3)10-17(18)24/h6,9-14,16H,4-5,7-8H2,1-2H3. The van der Waals surface area contributed by atoms with Crippen LogP contribution in [-0.2, 0) is 0 Å². The van der Waals surface area contributed by atoms with Crippen molar-refractivity contribution >= 4 is 16.9 Å². The van der Waals surface area contributed by atoms with Crippen LogP contribution in [0.3, 0.4) is 0 Å². The van der Waals surface area contributed by atoms with Gasteiger partial charge in [-0.2, -0.15) is 9.97 Å². The third kappa shape index (κ3) is 4.02. The molecule has 9 nitrogen and oxygen atoms in total. The average molecular weight is 447 g/mol. The first-order valence-corrected chi connectivity index (χ1v) is 10.9. The van der Waals surface area contributed by atoms with Gasteiger partial charge in [-0.1, -0.05) is 25.1 Å². The maximum Gasteiger partial charge on any atom is 0.245 e. The average Bonchev–Trinajstić information content (AvgIpc) is 3.48. The normalized spacial score (nSPS) is 18.5. The fraction of sp³-hybridized carbons (Fsp3) is 0.391. The molecule has 3 aromatic heterocycles. The molecule has 1 aliphatic carbocycles. The van der Waals surface area contributed by atoms with Gasteiger partial charge in [0.15, 0.2) is 22.7 Å². The molecule has 1 aromatic carbocycles. The molecule has 0 amide bonds. The fourth-order valence-corrected chi connectivity index (χ4v) is 4.07. The van der Waals surface area contributed by atoms with Crippen molar-refractivity contribution in [2.45, 2.75) is 57.5 Å². The van der Waals surface area contributed by atoms with E-state index in [1.54, 1.807) is 6.07 Å². The van der Waals surface area contributed by atoms with Crippen LogP contribution in [0, 0.1) is 12.4 Å². The van der Waals surface area contributed by atoms with E-state index in [4.69, 9.17) is 15.8 Å². The van der Waals surface area contributed by atoms with Crippen molar-refractivity contribution in [2.75, 3.05) is 0 Å². The van der Waals surface area contributed by atoms with Gasteiger partial charge < -0.3 is 9.26 Å². The van der Waals surface area contributed by atoms with Gasteiger partial charge >= 0.3 is 0 Å². The molecule has 33 heavy (non-hydrogen) atoms. The quantitative estimate of drug-likeness (QED) is 0.392. The highest BCUT2D eigenvalue weighted by atomic mass is 19.1. The molecule has 5 rings (SSSR count). The Balaban J connectivity index is 1.32. The van der Waals surface area contributed by atoms with Crippen LogP contribution in [0.4, 0.5) is 10.1 Å². The van der Waals surface area contributed by atoms with Gasteiger partial charge in [-0.15, -0.1) is 0 Å². The zero-order valence-electron chi connectivity index (χ0n) is 18.3. The SMILES string of the molecule is [C-]#[N+]c1ccc(-n2cnc3c(OC4CCC(c5nc(C(C)C)no5)CC4)ncnc32)c(F)c1. The number of aromatic nitrogens is 6. The van der Waals surface area contributed by atoms with Crippen molar-refractivity contribution in [3.8, 4) is 11.6 Å². The first-order valence-electron chi connectivity index (χ1n) is 10.9. The molecular weight excluding hydrogens is 425 g/mol. The number of halogens is 1. The highest BCUT2D eigenvalue weighted by molar-refractivity contribution is 5.78. The summed E-state index contributed by atoms with van der Waals surface area (Å²) in [5, 5.41) is 4.07. The molecule has 0 radical (unpaired) electrons. The van der Waals surface area contributed by atoms with Crippen LogP contribution in [0.25, 0.3) is 21.7 Å². The van der Waals surface area contributed by atoms with Crippen LogP contribution in [0.15, 0.2) is 35.4 Å². The topological polar surface area (TPSA) is 96.1 Å². The third-order valence-electron chi connectivity index (χ3n) is 5.90. The van der Waals surface area contributed by atoms with Crippen LogP contribution in [0.5, 0.6) is 5.88 Å². The van der Waals surface area contributed by atoms with E-state index >= 15 is 0 Å². The van der Waals surface area contributed by atoms with E-state index in [0.29, 0.717) is 22.9 Å².